The van der Waals surface area contributed by atoms with Gasteiger partial charge in [-0.15, -0.1) is 0 Å². The molecule has 1 aromatic rings. The van der Waals surface area contributed by atoms with Gasteiger partial charge in [-0.2, -0.15) is 0 Å². The molecule has 0 radical (unpaired) electrons. The average Bonchev–Trinajstić information content (AvgIpc) is 2.62. The number of hydrogen-bond donors (Lipinski definition) is 1. The highest BCUT2D eigenvalue weighted by molar-refractivity contribution is 6.16. The van der Waals surface area contributed by atoms with Crippen LogP contribution < -0.4 is 5.32 Å². The van der Waals surface area contributed by atoms with Gasteiger partial charge in [-0.05, 0) is 11.6 Å². The minimum Gasteiger partial charge on any atom is -0.311 e. The third-order valence-electron chi connectivity index (χ3n) is 2.41. The van der Waals surface area contributed by atoms with E-state index in [4.69, 9.17) is 0 Å². The van der Waals surface area contributed by atoms with Crippen LogP contribution in [0.3, 0.4) is 0 Å². The van der Waals surface area contributed by atoms with E-state index in [1.807, 2.05) is 18.3 Å². The van der Waals surface area contributed by atoms with Crippen molar-refractivity contribution < 1.29 is 0 Å². The Labute approximate surface area is 90.7 Å². The van der Waals surface area contributed by atoms with Gasteiger partial charge in [0.25, 0.3) is 0 Å². The van der Waals surface area contributed by atoms with E-state index in [-0.39, 0.29) is 0 Å². The van der Waals surface area contributed by atoms with Crippen molar-refractivity contribution in [2.75, 3.05) is 6.54 Å². The number of hydrogen-bond acceptors (Lipinski definition) is 2. The standard InChI is InChI=1S/C13H16N2/c1-10(2)14-8-7-11-9-15-13-6-4-3-5-12(11)13/h3-7,9-10,14H,8H2,1-2H3. The van der Waals surface area contributed by atoms with Crippen molar-refractivity contribution in [3.63, 3.8) is 0 Å². The Balaban J connectivity index is 2.10. The average molecular weight is 200 g/mol. The molecular formula is C13H16N2. The summed E-state index contributed by atoms with van der Waals surface area (Å²) in [5.74, 6) is 0. The molecule has 78 valence electrons. The molecule has 2 nitrogen and oxygen atoms in total. The first kappa shape index (κ1) is 10.1. The fourth-order valence-electron chi connectivity index (χ4n) is 1.61. The molecule has 0 fully saturated rings. The summed E-state index contributed by atoms with van der Waals surface area (Å²) in [7, 11) is 0. The molecule has 0 saturated carbocycles. The van der Waals surface area contributed by atoms with Gasteiger partial charge in [-0.3, -0.25) is 4.99 Å². The highest BCUT2D eigenvalue weighted by Gasteiger charge is 2.09. The van der Waals surface area contributed by atoms with Crippen LogP contribution in [0.2, 0.25) is 0 Å². The van der Waals surface area contributed by atoms with Gasteiger partial charge >= 0.3 is 0 Å². The Morgan fingerprint density at radius 2 is 2.13 bits per heavy atom. The van der Waals surface area contributed by atoms with E-state index in [2.05, 4.69) is 42.4 Å². The second-order valence-electron chi connectivity index (χ2n) is 4.00. The van der Waals surface area contributed by atoms with Crippen molar-refractivity contribution in [1.29, 1.82) is 0 Å². The molecule has 0 spiro atoms. The van der Waals surface area contributed by atoms with E-state index in [1.165, 1.54) is 11.1 Å². The van der Waals surface area contributed by atoms with Crippen LogP contribution in [0.1, 0.15) is 19.4 Å². The van der Waals surface area contributed by atoms with Crippen LogP contribution in [-0.2, 0) is 0 Å². The van der Waals surface area contributed by atoms with Crippen molar-refractivity contribution >= 4 is 17.5 Å². The van der Waals surface area contributed by atoms with Gasteiger partial charge < -0.3 is 5.32 Å². The van der Waals surface area contributed by atoms with E-state index in [0.717, 1.165) is 12.2 Å². The number of aliphatic imine (C=N–C) groups is 1. The molecule has 1 heterocycles. The minimum absolute atomic E-state index is 0.524. The SMILES string of the molecule is CC(C)NCC=C1C=Nc2ccccc21. The Morgan fingerprint density at radius 1 is 1.33 bits per heavy atom. The molecule has 1 aromatic carbocycles. The zero-order valence-electron chi connectivity index (χ0n) is 9.20. The van der Waals surface area contributed by atoms with Crippen molar-refractivity contribution in [2.24, 2.45) is 4.99 Å². The lowest BCUT2D eigenvalue weighted by atomic mass is 10.1. The quantitative estimate of drug-likeness (QED) is 0.797. The summed E-state index contributed by atoms with van der Waals surface area (Å²) in [6.45, 7) is 5.19. The van der Waals surface area contributed by atoms with Gasteiger partial charge in [0.05, 0.1) is 5.69 Å². The molecular weight excluding hydrogens is 184 g/mol. The zero-order valence-corrected chi connectivity index (χ0v) is 9.20. The molecule has 1 aliphatic rings. The van der Waals surface area contributed by atoms with Gasteiger partial charge in [0, 0.05) is 24.4 Å². The van der Waals surface area contributed by atoms with Crippen LogP contribution in [0.5, 0.6) is 0 Å². The fourth-order valence-corrected chi connectivity index (χ4v) is 1.61. The molecule has 15 heavy (non-hydrogen) atoms. The molecule has 0 aliphatic carbocycles. The van der Waals surface area contributed by atoms with E-state index >= 15 is 0 Å². The van der Waals surface area contributed by atoms with Crippen LogP contribution in [0.4, 0.5) is 5.69 Å². The van der Waals surface area contributed by atoms with E-state index in [9.17, 15) is 0 Å². The number of benzene rings is 1. The maximum absolute atomic E-state index is 4.36. The largest absolute Gasteiger partial charge is 0.311 e. The molecule has 0 unspecified atom stereocenters. The number of allylic oxidation sites excluding steroid dienone is 1. The summed E-state index contributed by atoms with van der Waals surface area (Å²) in [6.07, 6.45) is 4.13. The first-order valence-corrected chi connectivity index (χ1v) is 5.34. The number of nitrogens with one attached hydrogen (secondary N) is 1. The summed E-state index contributed by atoms with van der Waals surface area (Å²) in [6, 6.07) is 8.75. The van der Waals surface area contributed by atoms with Crippen LogP contribution in [0, 0.1) is 0 Å². The van der Waals surface area contributed by atoms with Crippen LogP contribution >= 0.6 is 0 Å². The van der Waals surface area contributed by atoms with Gasteiger partial charge in [-0.1, -0.05) is 38.1 Å². The monoisotopic (exact) mass is 200 g/mol. The Kier molecular flexibility index (Phi) is 2.97. The molecule has 0 saturated heterocycles. The summed E-state index contributed by atoms with van der Waals surface area (Å²) in [5, 5.41) is 3.37. The van der Waals surface area contributed by atoms with Gasteiger partial charge in [-0.25, -0.2) is 0 Å². The molecule has 0 aromatic heterocycles. The number of nitrogens with zero attached hydrogens (tertiary/aromatic N) is 1. The highest BCUT2D eigenvalue weighted by Crippen LogP contribution is 2.30. The lowest BCUT2D eigenvalue weighted by Gasteiger charge is -2.04. The van der Waals surface area contributed by atoms with Gasteiger partial charge in [0.2, 0.25) is 0 Å². The lowest BCUT2D eigenvalue weighted by molar-refractivity contribution is 0.633. The molecule has 0 atom stereocenters. The van der Waals surface area contributed by atoms with Crippen LogP contribution in [0.15, 0.2) is 35.3 Å². The fraction of sp³-hybridized carbons (Fsp3) is 0.308. The second kappa shape index (κ2) is 4.41. The lowest BCUT2D eigenvalue weighted by Crippen LogP contribution is -2.22. The van der Waals surface area contributed by atoms with Crippen molar-refractivity contribution in [3.05, 3.63) is 35.9 Å². The van der Waals surface area contributed by atoms with Gasteiger partial charge in [0.15, 0.2) is 0 Å². The maximum Gasteiger partial charge on any atom is 0.0708 e. The van der Waals surface area contributed by atoms with E-state index in [0.29, 0.717) is 6.04 Å². The Bertz CT molecular complexity index is 403. The minimum atomic E-state index is 0.524. The second-order valence-corrected chi connectivity index (χ2v) is 4.00. The third-order valence-corrected chi connectivity index (χ3v) is 2.41. The topological polar surface area (TPSA) is 24.4 Å². The van der Waals surface area contributed by atoms with Crippen molar-refractivity contribution in [2.45, 2.75) is 19.9 Å². The summed E-state index contributed by atoms with van der Waals surface area (Å²) >= 11 is 0. The number of rotatable bonds is 3. The Hall–Kier alpha value is -1.41. The van der Waals surface area contributed by atoms with Crippen molar-refractivity contribution in [1.82, 2.24) is 5.32 Å². The first-order chi connectivity index (χ1) is 7.27. The predicted molar refractivity (Wildman–Crippen MR) is 65.7 cm³/mol. The zero-order chi connectivity index (χ0) is 10.7. The van der Waals surface area contributed by atoms with E-state index in [1.54, 1.807) is 0 Å². The number of para-hydroxylation sites is 1. The van der Waals surface area contributed by atoms with E-state index < -0.39 is 0 Å². The van der Waals surface area contributed by atoms with Crippen molar-refractivity contribution in [3.8, 4) is 0 Å². The first-order valence-electron chi connectivity index (χ1n) is 5.34. The maximum atomic E-state index is 4.36. The predicted octanol–water partition coefficient (Wildman–Crippen LogP) is 2.78. The van der Waals surface area contributed by atoms with Crippen LogP contribution in [-0.4, -0.2) is 18.8 Å². The third kappa shape index (κ3) is 2.34. The summed E-state index contributed by atoms with van der Waals surface area (Å²) in [4.78, 5) is 4.36. The molecule has 2 heteroatoms. The molecule has 2 rings (SSSR count). The smallest absolute Gasteiger partial charge is 0.0708 e. The van der Waals surface area contributed by atoms with Gasteiger partial charge in [0.1, 0.15) is 0 Å². The summed E-state index contributed by atoms with van der Waals surface area (Å²) < 4.78 is 0. The van der Waals surface area contributed by atoms with Crippen LogP contribution in [0.25, 0.3) is 5.57 Å². The molecule has 1 N–H and O–H groups in total. The molecule has 1 aliphatic heterocycles. The highest BCUT2D eigenvalue weighted by atomic mass is 14.9. The Morgan fingerprint density at radius 3 is 2.93 bits per heavy atom. The number of fused-ring (bicyclic) bond motifs is 1. The molecule has 0 bridgehead atoms. The summed E-state index contributed by atoms with van der Waals surface area (Å²) in [5.41, 5.74) is 3.54. The molecule has 0 amide bonds. The normalized spacial score (nSPS) is 16.3.